The summed E-state index contributed by atoms with van der Waals surface area (Å²) in [4.78, 5) is 14.4. The Morgan fingerprint density at radius 2 is 1.39 bits per heavy atom. The molecule has 0 bridgehead atoms. The highest BCUT2D eigenvalue weighted by atomic mass is 32.2. The molecule has 11 heteroatoms. The molecule has 0 spiro atoms. The summed E-state index contributed by atoms with van der Waals surface area (Å²) in [7, 11) is -7.38. The Morgan fingerprint density at radius 3 is 2.00 bits per heavy atom. The van der Waals surface area contributed by atoms with E-state index in [1.165, 1.54) is 18.2 Å². The Kier molecular flexibility index (Phi) is 7.27. The van der Waals surface area contributed by atoms with Gasteiger partial charge in [0.1, 0.15) is 0 Å². The Labute approximate surface area is 193 Å². The number of nitrogens with one attached hydrogen (secondary N) is 2. The van der Waals surface area contributed by atoms with E-state index >= 15 is 0 Å². The van der Waals surface area contributed by atoms with Crippen LogP contribution in [0.4, 0.5) is 5.69 Å². The van der Waals surface area contributed by atoms with E-state index in [0.29, 0.717) is 11.3 Å². The van der Waals surface area contributed by atoms with Crippen LogP contribution in [0, 0.1) is 0 Å². The van der Waals surface area contributed by atoms with Crippen molar-refractivity contribution in [2.75, 3.05) is 5.32 Å². The minimum Gasteiger partial charge on any atom is -0.361 e. The molecule has 0 fully saturated rings. The largest absolute Gasteiger partial charge is 0.361 e. The lowest BCUT2D eigenvalue weighted by Crippen LogP contribution is -2.12. The van der Waals surface area contributed by atoms with Gasteiger partial charge in [0.2, 0.25) is 5.91 Å². The van der Waals surface area contributed by atoms with Crippen LogP contribution in [-0.2, 0) is 39.8 Å². The first-order valence-corrected chi connectivity index (χ1v) is 13.1. The third kappa shape index (κ3) is 6.20. The van der Waals surface area contributed by atoms with Crippen molar-refractivity contribution in [1.82, 2.24) is 4.98 Å². The lowest BCUT2D eigenvalue weighted by molar-refractivity contribution is -0.115. The van der Waals surface area contributed by atoms with Gasteiger partial charge in [-0.2, -0.15) is 16.8 Å². The summed E-state index contributed by atoms with van der Waals surface area (Å²) in [5.74, 6) is -0.126. The van der Waals surface area contributed by atoms with Crippen LogP contribution in [0.1, 0.15) is 33.3 Å². The zero-order chi connectivity index (χ0) is 24.4. The summed E-state index contributed by atoms with van der Waals surface area (Å²) in [6.07, 6.45) is 1.21. The lowest BCUT2D eigenvalue weighted by atomic mass is 10.2. The molecule has 1 aromatic heterocycles. The molecule has 2 aromatic carbocycles. The van der Waals surface area contributed by atoms with Crippen LogP contribution in [0.15, 0.2) is 58.5 Å². The van der Waals surface area contributed by atoms with Gasteiger partial charge in [-0.1, -0.05) is 0 Å². The first-order chi connectivity index (χ1) is 15.4. The predicted octanol–water partition coefficient (Wildman–Crippen LogP) is 3.58. The molecule has 0 unspecified atom stereocenters. The topological polar surface area (TPSA) is 132 Å². The Bertz CT molecular complexity index is 1370. The highest BCUT2D eigenvalue weighted by Gasteiger charge is 2.23. The van der Waals surface area contributed by atoms with Crippen molar-refractivity contribution in [2.45, 2.75) is 56.1 Å². The van der Waals surface area contributed by atoms with Crippen LogP contribution >= 0.6 is 0 Å². The molecule has 9 nitrogen and oxygen atoms in total. The molecule has 1 aliphatic rings. The molecule has 0 aliphatic carbocycles. The molecule has 2 N–H and O–H groups in total. The molecular formula is C22H26N2O7S2. The van der Waals surface area contributed by atoms with E-state index < -0.39 is 26.3 Å². The number of anilines is 1. The van der Waals surface area contributed by atoms with Crippen LogP contribution in [0.5, 0.6) is 0 Å². The summed E-state index contributed by atoms with van der Waals surface area (Å²) in [6.45, 7) is 6.67. The number of rotatable bonds is 6. The summed E-state index contributed by atoms with van der Waals surface area (Å²) in [5, 5.41) is 3.50. The maximum Gasteiger partial charge on any atom is 0.297 e. The van der Waals surface area contributed by atoms with Crippen LogP contribution in [0.2, 0.25) is 0 Å². The summed E-state index contributed by atoms with van der Waals surface area (Å²) in [6, 6.07) is 11.2. The molecule has 33 heavy (non-hydrogen) atoms. The molecule has 0 saturated heterocycles. The normalized spacial score (nSPS) is 13.7. The molecule has 4 rings (SSSR count). The van der Waals surface area contributed by atoms with Gasteiger partial charge in [0.15, 0.2) is 0 Å². The van der Waals surface area contributed by atoms with Crippen molar-refractivity contribution < 1.29 is 30.0 Å². The van der Waals surface area contributed by atoms with Crippen molar-refractivity contribution in [3.8, 4) is 0 Å². The quantitative estimate of drug-likeness (QED) is 0.501. The second-order valence-electron chi connectivity index (χ2n) is 7.97. The van der Waals surface area contributed by atoms with Crippen molar-refractivity contribution in [1.29, 1.82) is 0 Å². The number of carbonyl (C=O) groups is 1. The SMILES string of the molecule is CC(C)OS(=O)(=O)c1ccc2[nH]ccc2c1.CC(C)OS(=O)(=O)c1ccc2c(c1)CC(=O)N2. The molecule has 3 aromatic rings. The number of hydrogen-bond donors (Lipinski definition) is 2. The van der Waals surface area contributed by atoms with Crippen molar-refractivity contribution in [3.63, 3.8) is 0 Å². The van der Waals surface area contributed by atoms with Gasteiger partial charge in [-0.25, -0.2) is 0 Å². The fourth-order valence-electron chi connectivity index (χ4n) is 3.17. The maximum absolute atomic E-state index is 11.8. The molecule has 0 atom stereocenters. The number of hydrogen-bond acceptors (Lipinski definition) is 7. The van der Waals surface area contributed by atoms with Gasteiger partial charge >= 0.3 is 0 Å². The Balaban J connectivity index is 0.000000186. The van der Waals surface area contributed by atoms with Crippen molar-refractivity contribution in [3.05, 3.63) is 54.2 Å². The third-order valence-electron chi connectivity index (χ3n) is 4.44. The smallest absolute Gasteiger partial charge is 0.297 e. The molecule has 2 heterocycles. The fourth-order valence-corrected chi connectivity index (χ4v) is 5.43. The van der Waals surface area contributed by atoms with E-state index in [4.69, 9.17) is 8.37 Å². The Hall–Kier alpha value is -2.73. The van der Waals surface area contributed by atoms with Crippen LogP contribution in [-0.4, -0.2) is 39.9 Å². The molecular weight excluding hydrogens is 468 g/mol. The molecule has 1 aliphatic heterocycles. The highest BCUT2D eigenvalue weighted by molar-refractivity contribution is 7.87. The van der Waals surface area contributed by atoms with Crippen molar-refractivity contribution in [2.24, 2.45) is 0 Å². The number of H-pyrrole nitrogens is 1. The average molecular weight is 495 g/mol. The van der Waals surface area contributed by atoms with Gasteiger partial charge in [-0.05, 0) is 75.7 Å². The highest BCUT2D eigenvalue weighted by Crippen LogP contribution is 2.27. The monoisotopic (exact) mass is 494 g/mol. The number of benzene rings is 2. The summed E-state index contributed by atoms with van der Waals surface area (Å²) < 4.78 is 56.9. The zero-order valence-corrected chi connectivity index (χ0v) is 20.3. The van der Waals surface area contributed by atoms with Gasteiger partial charge in [-0.3, -0.25) is 13.2 Å². The first kappa shape index (κ1) is 24.9. The van der Waals surface area contributed by atoms with E-state index in [1.807, 2.05) is 6.07 Å². The van der Waals surface area contributed by atoms with Gasteiger partial charge in [0, 0.05) is 22.8 Å². The van der Waals surface area contributed by atoms with Gasteiger partial charge < -0.3 is 10.3 Å². The fraction of sp³-hybridized carbons (Fsp3) is 0.318. The van der Waals surface area contributed by atoms with Crippen LogP contribution < -0.4 is 5.32 Å². The van der Waals surface area contributed by atoms with E-state index in [2.05, 4.69) is 10.3 Å². The van der Waals surface area contributed by atoms with E-state index in [1.54, 1.807) is 52.1 Å². The number of aromatic amines is 1. The van der Waals surface area contributed by atoms with Crippen LogP contribution in [0.3, 0.4) is 0 Å². The summed E-state index contributed by atoms with van der Waals surface area (Å²) >= 11 is 0. The van der Waals surface area contributed by atoms with Crippen molar-refractivity contribution >= 4 is 42.7 Å². The van der Waals surface area contributed by atoms with Gasteiger partial charge in [0.05, 0.1) is 28.4 Å². The zero-order valence-electron chi connectivity index (χ0n) is 18.7. The minimum absolute atomic E-state index is 0.0847. The second-order valence-corrected chi connectivity index (χ2v) is 11.1. The van der Waals surface area contributed by atoms with Gasteiger partial charge in [0.25, 0.3) is 20.2 Å². The lowest BCUT2D eigenvalue weighted by Gasteiger charge is -2.09. The molecule has 178 valence electrons. The molecule has 1 amide bonds. The number of fused-ring (bicyclic) bond motifs is 2. The van der Waals surface area contributed by atoms with E-state index in [9.17, 15) is 21.6 Å². The maximum atomic E-state index is 11.8. The summed E-state index contributed by atoms with van der Waals surface area (Å²) in [5.41, 5.74) is 2.26. The van der Waals surface area contributed by atoms with Gasteiger partial charge in [-0.15, -0.1) is 0 Å². The third-order valence-corrected chi connectivity index (χ3v) is 7.38. The number of amides is 1. The predicted molar refractivity (Wildman–Crippen MR) is 124 cm³/mol. The molecule has 0 saturated carbocycles. The second kappa shape index (κ2) is 9.64. The van der Waals surface area contributed by atoms with E-state index in [0.717, 1.165) is 10.9 Å². The average Bonchev–Trinajstić information content (AvgIpc) is 3.30. The Morgan fingerprint density at radius 1 is 0.818 bits per heavy atom. The van der Waals surface area contributed by atoms with Crippen LogP contribution in [0.25, 0.3) is 10.9 Å². The number of aromatic nitrogens is 1. The first-order valence-electron chi connectivity index (χ1n) is 10.2. The standard InChI is InChI=1S/C11H13NO4S.C11H13NO3S/c1-7(2)16-17(14,15)9-3-4-10-8(5-9)6-11(13)12-10;1-8(2)15-16(13,14)10-3-4-11-9(7-10)5-6-12-11/h3-5,7H,6H2,1-2H3,(H,12,13);3-8,12H,1-2H3. The minimum atomic E-state index is -3.74. The van der Waals surface area contributed by atoms with E-state index in [-0.39, 0.29) is 28.2 Å². The number of carbonyl (C=O) groups excluding carboxylic acids is 1. The molecule has 0 radical (unpaired) electrons.